The molecule has 0 rings (SSSR count). The summed E-state index contributed by atoms with van der Waals surface area (Å²) >= 11 is 0. The first-order valence-corrected chi connectivity index (χ1v) is 8.64. The van der Waals surface area contributed by atoms with Crippen molar-refractivity contribution in [2.45, 2.75) is 96.8 Å². The first kappa shape index (κ1) is 24.5. The van der Waals surface area contributed by atoms with E-state index < -0.39 is 5.97 Å². The van der Waals surface area contributed by atoms with Crippen LogP contribution in [0.3, 0.4) is 0 Å². The van der Waals surface area contributed by atoms with Crippen LogP contribution >= 0.6 is 0 Å². The molecule has 0 saturated carbocycles. The molecule has 0 amide bonds. The van der Waals surface area contributed by atoms with Crippen LogP contribution in [-0.2, 0) is 4.79 Å². The van der Waals surface area contributed by atoms with Gasteiger partial charge in [0, 0.05) is 6.42 Å². The van der Waals surface area contributed by atoms with Crippen LogP contribution in [0.1, 0.15) is 96.8 Å². The van der Waals surface area contributed by atoms with Gasteiger partial charge in [-0.3, -0.25) is 4.79 Å². The fourth-order valence-electron chi connectivity index (χ4n) is 2.35. The van der Waals surface area contributed by atoms with Crippen LogP contribution in [0.4, 0.5) is 0 Å². The van der Waals surface area contributed by atoms with Gasteiger partial charge in [0.25, 0.3) is 0 Å². The van der Waals surface area contributed by atoms with Gasteiger partial charge in [-0.15, -0.1) is 0 Å². The van der Waals surface area contributed by atoms with E-state index in [1.54, 1.807) is 0 Å². The Bertz CT molecular complexity index is 239. The average Bonchev–Trinajstić information content (AvgIpc) is 2.43. The maximum atomic E-state index is 10.3. The number of carbonyl (C=O) groups is 1. The van der Waals surface area contributed by atoms with E-state index >= 15 is 0 Å². The Kier molecular flexibility index (Phi) is 24.8. The Balaban J connectivity index is 0. The van der Waals surface area contributed by atoms with E-state index in [9.17, 15) is 4.79 Å². The third-order valence-electron chi connectivity index (χ3n) is 3.65. The van der Waals surface area contributed by atoms with Crippen molar-refractivity contribution in [2.75, 3.05) is 0 Å². The van der Waals surface area contributed by atoms with Crippen molar-refractivity contribution in [2.24, 2.45) is 0 Å². The third-order valence-corrected chi connectivity index (χ3v) is 3.65. The van der Waals surface area contributed by atoms with Gasteiger partial charge >= 0.3 is 74.9 Å². The Labute approximate surface area is 191 Å². The van der Waals surface area contributed by atoms with Crippen LogP contribution in [0.25, 0.3) is 0 Å². The third kappa shape index (κ3) is 23.7. The Morgan fingerprint density at radius 2 is 1.19 bits per heavy atom. The summed E-state index contributed by atoms with van der Waals surface area (Å²) in [5.74, 6) is -0.664. The Hall–Kier alpha value is 1.26. The van der Waals surface area contributed by atoms with Crippen molar-refractivity contribution in [3.8, 4) is 0 Å². The van der Waals surface area contributed by atoms with Gasteiger partial charge in [-0.1, -0.05) is 70.4 Å². The fourth-order valence-corrected chi connectivity index (χ4v) is 2.35. The van der Waals surface area contributed by atoms with Crippen LogP contribution in [0.15, 0.2) is 12.2 Å². The number of carboxylic acids is 1. The minimum atomic E-state index is -0.664. The van der Waals surface area contributed by atoms with E-state index in [0.717, 1.165) is 12.8 Å². The molecule has 0 aliphatic rings. The van der Waals surface area contributed by atoms with Crippen LogP contribution < -0.4 is 0 Å². The standard InChI is InChI=1S/C18H34O2.Cs.H/c1-2-3-4-5-6-7-8-9-10-11-12-13-14-15-16-17-18(19)20;;/h9-10H,2-8,11-17H2,1H3,(H,19,20);;/b10-9-;;. The summed E-state index contributed by atoms with van der Waals surface area (Å²) in [6.07, 6.45) is 21.2. The SMILES string of the molecule is CCCCCCCC/C=C\CCCCCCCC(=O)O.[CsH]. The quantitative estimate of drug-likeness (QED) is 0.284. The summed E-state index contributed by atoms with van der Waals surface area (Å²) in [7, 11) is 0. The molecule has 0 atom stereocenters. The number of rotatable bonds is 15. The molecule has 0 bridgehead atoms. The first-order chi connectivity index (χ1) is 9.77. The molecule has 3 heteroatoms. The van der Waals surface area contributed by atoms with Gasteiger partial charge in [-0.25, -0.2) is 0 Å². The molecule has 120 valence electrons. The van der Waals surface area contributed by atoms with Gasteiger partial charge < -0.3 is 5.11 Å². The number of allylic oxidation sites excluding steroid dienone is 2. The van der Waals surface area contributed by atoms with Crippen molar-refractivity contribution < 1.29 is 9.90 Å². The molecule has 0 aromatic rings. The van der Waals surface area contributed by atoms with Crippen LogP contribution in [0.5, 0.6) is 0 Å². The van der Waals surface area contributed by atoms with Gasteiger partial charge in [0.05, 0.1) is 0 Å². The van der Waals surface area contributed by atoms with Crippen molar-refractivity contribution in [3.05, 3.63) is 12.2 Å². The molecule has 0 radical (unpaired) electrons. The zero-order chi connectivity index (χ0) is 14.9. The molecular weight excluding hydrogens is 381 g/mol. The van der Waals surface area contributed by atoms with Gasteiger partial charge in [-0.05, 0) is 32.1 Å². The molecular formula is C18H35CsO2. The van der Waals surface area contributed by atoms with Crippen LogP contribution in [-0.4, -0.2) is 80.0 Å². The van der Waals surface area contributed by atoms with E-state index in [4.69, 9.17) is 5.11 Å². The van der Waals surface area contributed by atoms with Crippen molar-refractivity contribution in [3.63, 3.8) is 0 Å². The van der Waals surface area contributed by atoms with E-state index in [-0.39, 0.29) is 68.9 Å². The number of aliphatic carboxylic acids is 1. The number of unbranched alkanes of at least 4 members (excludes halogenated alkanes) is 11. The molecule has 0 aromatic heterocycles. The van der Waals surface area contributed by atoms with Gasteiger partial charge in [-0.2, -0.15) is 0 Å². The summed E-state index contributed by atoms with van der Waals surface area (Å²) < 4.78 is 0. The monoisotopic (exact) mass is 416 g/mol. The zero-order valence-electron chi connectivity index (χ0n) is 13.4. The van der Waals surface area contributed by atoms with Crippen molar-refractivity contribution in [1.29, 1.82) is 0 Å². The topological polar surface area (TPSA) is 37.3 Å². The normalized spacial score (nSPS) is 10.7. The first-order valence-electron chi connectivity index (χ1n) is 8.64. The number of hydrogen-bond donors (Lipinski definition) is 1. The predicted octanol–water partition coefficient (Wildman–Crippen LogP) is 5.46. The Morgan fingerprint density at radius 1 is 0.762 bits per heavy atom. The molecule has 1 N–H and O–H groups in total. The fraction of sp³-hybridized carbons (Fsp3) is 0.833. The summed E-state index contributed by atoms with van der Waals surface area (Å²) in [5.41, 5.74) is 0. The van der Waals surface area contributed by atoms with Gasteiger partial charge in [0.2, 0.25) is 0 Å². The second-order valence-corrected chi connectivity index (χ2v) is 5.73. The summed E-state index contributed by atoms with van der Waals surface area (Å²) in [5, 5.41) is 8.51. The van der Waals surface area contributed by atoms with Crippen LogP contribution in [0.2, 0.25) is 0 Å². The van der Waals surface area contributed by atoms with E-state index in [2.05, 4.69) is 19.1 Å². The van der Waals surface area contributed by atoms with E-state index in [0.29, 0.717) is 6.42 Å². The second-order valence-electron chi connectivity index (χ2n) is 5.73. The molecule has 0 aliphatic carbocycles. The van der Waals surface area contributed by atoms with Gasteiger partial charge in [0.1, 0.15) is 0 Å². The minimum absolute atomic E-state index is 0. The summed E-state index contributed by atoms with van der Waals surface area (Å²) in [6, 6.07) is 0. The number of hydrogen-bond acceptors (Lipinski definition) is 1. The molecule has 0 heterocycles. The molecule has 2 nitrogen and oxygen atoms in total. The predicted molar refractivity (Wildman–Crippen MR) is 94.2 cm³/mol. The molecule has 0 aromatic carbocycles. The maximum absolute atomic E-state index is 10.3. The van der Waals surface area contributed by atoms with Crippen LogP contribution in [0, 0.1) is 0 Å². The average molecular weight is 416 g/mol. The molecule has 0 unspecified atom stereocenters. The Morgan fingerprint density at radius 3 is 1.67 bits per heavy atom. The number of carboxylic acid groups (broad SMARTS) is 1. The second kappa shape index (κ2) is 21.3. The van der Waals surface area contributed by atoms with Crippen molar-refractivity contribution >= 4 is 74.9 Å². The molecule has 0 aliphatic heterocycles. The molecule has 0 saturated heterocycles. The van der Waals surface area contributed by atoms with E-state index in [1.165, 1.54) is 70.6 Å². The molecule has 0 fully saturated rings. The molecule has 0 spiro atoms. The van der Waals surface area contributed by atoms with Gasteiger partial charge in [0.15, 0.2) is 0 Å². The molecule has 21 heavy (non-hydrogen) atoms. The van der Waals surface area contributed by atoms with Crippen molar-refractivity contribution in [1.82, 2.24) is 0 Å². The zero-order valence-corrected chi connectivity index (χ0v) is 13.4. The van der Waals surface area contributed by atoms with E-state index in [1.807, 2.05) is 0 Å². The summed E-state index contributed by atoms with van der Waals surface area (Å²) in [6.45, 7) is 2.26. The summed E-state index contributed by atoms with van der Waals surface area (Å²) in [4.78, 5) is 10.3.